The molecule has 0 aliphatic carbocycles. The van der Waals surface area contributed by atoms with Gasteiger partial charge in [0.15, 0.2) is 0 Å². The number of carbonyl (C=O) groups excluding carboxylic acids is 2. The highest BCUT2D eigenvalue weighted by Gasteiger charge is 2.36. The summed E-state index contributed by atoms with van der Waals surface area (Å²) in [6.07, 6.45) is 1.67. The SMILES string of the molecule is COc1c(Br)cc(Br)cc1/C=C1\SC(=O)N(c2ccccc2)C1=O. The van der Waals surface area contributed by atoms with E-state index in [-0.39, 0.29) is 11.1 Å². The monoisotopic (exact) mass is 467 g/mol. The molecule has 2 aromatic carbocycles. The lowest BCUT2D eigenvalue weighted by Gasteiger charge is -2.12. The predicted molar refractivity (Wildman–Crippen MR) is 103 cm³/mol. The lowest BCUT2D eigenvalue weighted by molar-refractivity contribution is -0.113. The van der Waals surface area contributed by atoms with Gasteiger partial charge in [-0.15, -0.1) is 0 Å². The molecule has 1 fully saturated rings. The van der Waals surface area contributed by atoms with Gasteiger partial charge in [-0.3, -0.25) is 9.59 Å². The fourth-order valence-electron chi connectivity index (χ4n) is 2.31. The van der Waals surface area contributed by atoms with E-state index in [1.54, 1.807) is 37.5 Å². The third-order valence-electron chi connectivity index (χ3n) is 3.34. The average molecular weight is 469 g/mol. The van der Waals surface area contributed by atoms with Crippen LogP contribution in [0.4, 0.5) is 10.5 Å². The molecule has 1 saturated heterocycles. The average Bonchev–Trinajstić information content (AvgIpc) is 2.82. The zero-order valence-corrected chi connectivity index (χ0v) is 16.4. The molecule has 3 rings (SSSR count). The molecule has 7 heteroatoms. The van der Waals surface area contributed by atoms with Crippen LogP contribution in [0.1, 0.15) is 5.56 Å². The molecule has 122 valence electrons. The Morgan fingerprint density at radius 1 is 1.12 bits per heavy atom. The number of methoxy groups -OCH3 is 1. The molecule has 0 aromatic heterocycles. The van der Waals surface area contributed by atoms with Crippen LogP contribution in [0.3, 0.4) is 0 Å². The molecule has 2 aromatic rings. The van der Waals surface area contributed by atoms with E-state index in [0.717, 1.165) is 20.7 Å². The van der Waals surface area contributed by atoms with Gasteiger partial charge in [-0.25, -0.2) is 4.90 Å². The Balaban J connectivity index is 2.01. The molecule has 4 nitrogen and oxygen atoms in total. The summed E-state index contributed by atoms with van der Waals surface area (Å²) in [5, 5.41) is -0.314. The van der Waals surface area contributed by atoms with Crippen molar-refractivity contribution in [3.8, 4) is 5.75 Å². The number of nitrogens with zero attached hydrogens (tertiary/aromatic N) is 1. The van der Waals surface area contributed by atoms with E-state index >= 15 is 0 Å². The van der Waals surface area contributed by atoms with Gasteiger partial charge in [-0.05, 0) is 58.0 Å². The van der Waals surface area contributed by atoms with E-state index in [2.05, 4.69) is 31.9 Å². The number of ether oxygens (including phenoxy) is 1. The summed E-state index contributed by atoms with van der Waals surface area (Å²) in [7, 11) is 1.56. The number of carbonyl (C=O) groups is 2. The summed E-state index contributed by atoms with van der Waals surface area (Å²) in [6.45, 7) is 0. The fraction of sp³-hybridized carbons (Fsp3) is 0.0588. The minimum atomic E-state index is -0.339. The summed E-state index contributed by atoms with van der Waals surface area (Å²) >= 11 is 7.76. The highest BCUT2D eigenvalue weighted by atomic mass is 79.9. The third-order valence-corrected chi connectivity index (χ3v) is 5.25. The lowest BCUT2D eigenvalue weighted by Crippen LogP contribution is -2.27. The number of halogens is 2. The first kappa shape index (κ1) is 17.3. The molecular weight excluding hydrogens is 458 g/mol. The Labute approximate surface area is 160 Å². The standard InChI is InChI=1S/C17H11Br2NO3S/c1-23-15-10(7-11(18)9-13(15)19)8-14-16(21)20(17(22)24-14)12-5-3-2-4-6-12/h2-9H,1H3/b14-8-. The van der Waals surface area contributed by atoms with E-state index in [9.17, 15) is 9.59 Å². The smallest absolute Gasteiger partial charge is 0.298 e. The van der Waals surface area contributed by atoms with Gasteiger partial charge in [0.05, 0.1) is 22.2 Å². The molecule has 0 N–H and O–H groups in total. The summed E-state index contributed by atoms with van der Waals surface area (Å²) in [4.78, 5) is 26.4. The molecule has 1 heterocycles. The van der Waals surface area contributed by atoms with E-state index in [0.29, 0.717) is 21.9 Å². The summed E-state index contributed by atoms with van der Waals surface area (Å²) < 4.78 is 6.98. The molecule has 0 unspecified atom stereocenters. The van der Waals surface area contributed by atoms with Crippen LogP contribution in [-0.2, 0) is 4.79 Å². The zero-order valence-electron chi connectivity index (χ0n) is 12.5. The van der Waals surface area contributed by atoms with Gasteiger partial charge in [0, 0.05) is 10.0 Å². The third kappa shape index (κ3) is 3.29. The fourth-order valence-corrected chi connectivity index (χ4v) is 4.56. The van der Waals surface area contributed by atoms with E-state index < -0.39 is 0 Å². The Bertz CT molecular complexity index is 852. The van der Waals surface area contributed by atoms with Crippen LogP contribution in [0.15, 0.2) is 56.3 Å². The van der Waals surface area contributed by atoms with Crippen molar-refractivity contribution in [2.24, 2.45) is 0 Å². The van der Waals surface area contributed by atoms with E-state index in [1.807, 2.05) is 18.2 Å². The molecule has 1 aliphatic rings. The molecule has 0 atom stereocenters. The molecule has 1 aliphatic heterocycles. The lowest BCUT2D eigenvalue weighted by atomic mass is 10.2. The number of imide groups is 1. The first-order chi connectivity index (χ1) is 11.5. The number of rotatable bonds is 3. The number of anilines is 1. The van der Waals surface area contributed by atoms with Crippen LogP contribution >= 0.6 is 43.6 Å². The van der Waals surface area contributed by atoms with Crippen LogP contribution in [0, 0.1) is 0 Å². The van der Waals surface area contributed by atoms with Gasteiger partial charge in [-0.2, -0.15) is 0 Å². The first-order valence-corrected chi connectivity index (χ1v) is 9.27. The highest BCUT2D eigenvalue weighted by molar-refractivity contribution is 9.11. The molecule has 0 bridgehead atoms. The molecular formula is C17H11Br2NO3S. The molecule has 0 radical (unpaired) electrons. The van der Waals surface area contributed by atoms with Crippen LogP contribution < -0.4 is 9.64 Å². The highest BCUT2D eigenvalue weighted by Crippen LogP contribution is 2.39. The van der Waals surface area contributed by atoms with Crippen molar-refractivity contribution in [1.82, 2.24) is 0 Å². The number of para-hydroxylation sites is 1. The minimum Gasteiger partial charge on any atom is -0.495 e. The minimum absolute atomic E-state index is 0.314. The maximum absolute atomic E-state index is 12.6. The molecule has 0 spiro atoms. The first-order valence-electron chi connectivity index (χ1n) is 6.87. The van der Waals surface area contributed by atoms with Crippen LogP contribution in [0.25, 0.3) is 6.08 Å². The topological polar surface area (TPSA) is 46.6 Å². The second-order valence-electron chi connectivity index (χ2n) is 4.86. The van der Waals surface area contributed by atoms with Gasteiger partial charge < -0.3 is 4.74 Å². The summed E-state index contributed by atoms with van der Waals surface area (Å²) in [5.41, 5.74) is 1.27. The van der Waals surface area contributed by atoms with E-state index in [4.69, 9.17) is 4.74 Å². The normalized spacial score (nSPS) is 16.1. The molecule has 0 saturated carbocycles. The number of hydrogen-bond acceptors (Lipinski definition) is 4. The second-order valence-corrected chi connectivity index (χ2v) is 7.63. The second kappa shape index (κ2) is 7.13. The van der Waals surface area contributed by atoms with Gasteiger partial charge in [0.1, 0.15) is 5.75 Å². The maximum atomic E-state index is 12.6. The Kier molecular flexibility index (Phi) is 5.12. The summed E-state index contributed by atoms with van der Waals surface area (Å²) in [5.74, 6) is 0.263. The van der Waals surface area contributed by atoms with Crippen molar-refractivity contribution >= 4 is 66.5 Å². The quantitative estimate of drug-likeness (QED) is 0.561. The van der Waals surface area contributed by atoms with Gasteiger partial charge >= 0.3 is 0 Å². The number of thioether (sulfide) groups is 1. The number of hydrogen-bond donors (Lipinski definition) is 0. The van der Waals surface area contributed by atoms with Gasteiger partial charge in [0.25, 0.3) is 11.1 Å². The predicted octanol–water partition coefficient (Wildman–Crippen LogP) is 5.46. The Morgan fingerprint density at radius 3 is 2.50 bits per heavy atom. The van der Waals surface area contributed by atoms with Gasteiger partial charge in [-0.1, -0.05) is 34.1 Å². The zero-order chi connectivity index (χ0) is 17.3. The van der Waals surface area contributed by atoms with Crippen molar-refractivity contribution in [2.75, 3.05) is 12.0 Å². The van der Waals surface area contributed by atoms with Crippen molar-refractivity contribution in [1.29, 1.82) is 0 Å². The van der Waals surface area contributed by atoms with Crippen LogP contribution in [0.2, 0.25) is 0 Å². The van der Waals surface area contributed by atoms with Crippen LogP contribution in [-0.4, -0.2) is 18.3 Å². The van der Waals surface area contributed by atoms with Crippen molar-refractivity contribution in [3.05, 3.63) is 61.9 Å². The van der Waals surface area contributed by atoms with Crippen molar-refractivity contribution in [3.63, 3.8) is 0 Å². The van der Waals surface area contributed by atoms with Crippen LogP contribution in [0.5, 0.6) is 5.75 Å². The number of amides is 2. The molecule has 2 amide bonds. The van der Waals surface area contributed by atoms with Gasteiger partial charge in [0.2, 0.25) is 0 Å². The summed E-state index contributed by atoms with van der Waals surface area (Å²) in [6, 6.07) is 12.6. The Morgan fingerprint density at radius 2 is 1.83 bits per heavy atom. The van der Waals surface area contributed by atoms with E-state index in [1.165, 1.54) is 4.90 Å². The number of benzene rings is 2. The van der Waals surface area contributed by atoms with Crippen molar-refractivity contribution < 1.29 is 14.3 Å². The molecule has 24 heavy (non-hydrogen) atoms. The largest absolute Gasteiger partial charge is 0.495 e. The Hall–Kier alpha value is -1.57. The van der Waals surface area contributed by atoms with Crippen molar-refractivity contribution in [2.45, 2.75) is 0 Å². The maximum Gasteiger partial charge on any atom is 0.298 e.